The van der Waals surface area contributed by atoms with Crippen LogP contribution in [0.1, 0.15) is 44.9 Å². The molecule has 4 rings (SSSR count). The summed E-state index contributed by atoms with van der Waals surface area (Å²) < 4.78 is 13.5. The maximum atomic E-state index is 13.5. The van der Waals surface area contributed by atoms with Crippen LogP contribution < -0.4 is 0 Å². The Hall–Kier alpha value is -1.25. The number of halogens is 1. The molecule has 2 nitrogen and oxygen atoms in total. The van der Waals surface area contributed by atoms with E-state index in [9.17, 15) is 14.0 Å². The van der Waals surface area contributed by atoms with E-state index in [4.69, 9.17) is 0 Å². The van der Waals surface area contributed by atoms with Gasteiger partial charge < -0.3 is 0 Å². The molecule has 0 aromatic heterocycles. The van der Waals surface area contributed by atoms with Crippen molar-refractivity contribution in [2.45, 2.75) is 44.9 Å². The maximum absolute atomic E-state index is 13.5. The summed E-state index contributed by atoms with van der Waals surface area (Å²) in [7, 11) is 0. The van der Waals surface area contributed by atoms with Gasteiger partial charge in [0.15, 0.2) is 5.78 Å². The molecule has 4 aliphatic carbocycles. The van der Waals surface area contributed by atoms with Crippen molar-refractivity contribution < 1.29 is 14.0 Å². The van der Waals surface area contributed by atoms with Crippen LogP contribution in [-0.2, 0) is 9.59 Å². The van der Waals surface area contributed by atoms with E-state index in [1.807, 2.05) is 6.08 Å². The topological polar surface area (TPSA) is 34.1 Å². The van der Waals surface area contributed by atoms with Crippen LogP contribution in [0.5, 0.6) is 0 Å². The number of rotatable bonds is 0. The summed E-state index contributed by atoms with van der Waals surface area (Å²) in [4.78, 5) is 23.7. The van der Waals surface area contributed by atoms with Gasteiger partial charge in [-0.2, -0.15) is 0 Å². The third kappa shape index (κ3) is 1.96. The molecule has 0 aromatic carbocycles. The molecule has 0 saturated heterocycles. The molecule has 0 unspecified atom stereocenters. The summed E-state index contributed by atoms with van der Waals surface area (Å²) in [5.74, 6) is 2.16. The predicted octanol–water partition coefficient (Wildman–Crippen LogP) is 3.77. The Bertz CT molecular complexity index is 560. The van der Waals surface area contributed by atoms with Gasteiger partial charge in [-0.3, -0.25) is 9.59 Å². The van der Waals surface area contributed by atoms with Gasteiger partial charge in [-0.1, -0.05) is 5.57 Å². The van der Waals surface area contributed by atoms with Crippen molar-refractivity contribution in [1.82, 2.24) is 0 Å². The molecule has 3 saturated carbocycles. The first kappa shape index (κ1) is 13.4. The zero-order valence-corrected chi connectivity index (χ0v) is 12.2. The van der Waals surface area contributed by atoms with Gasteiger partial charge in [0.2, 0.25) is 0 Å². The summed E-state index contributed by atoms with van der Waals surface area (Å²) in [6, 6.07) is 0. The van der Waals surface area contributed by atoms with Gasteiger partial charge >= 0.3 is 0 Å². The highest BCUT2D eigenvalue weighted by molar-refractivity contribution is 5.91. The Labute approximate surface area is 124 Å². The molecule has 5 atom stereocenters. The zero-order valence-electron chi connectivity index (χ0n) is 12.2. The van der Waals surface area contributed by atoms with Crippen molar-refractivity contribution >= 4 is 11.6 Å². The highest BCUT2D eigenvalue weighted by atomic mass is 19.1. The predicted molar refractivity (Wildman–Crippen MR) is 77.1 cm³/mol. The molecule has 0 aliphatic heterocycles. The standard InChI is InChI=1S/C18H21FO2/c19-9-11-8-16-14(5-6-17(16)21)15-3-1-10-7-12(20)2-4-13(10)18(11)15/h7,9,13-16,18H,1-6,8H2/t13-,14-,15-,16-,18+/m0/s1. The lowest BCUT2D eigenvalue weighted by Gasteiger charge is -2.49. The fourth-order valence-electron chi connectivity index (χ4n) is 5.58. The van der Waals surface area contributed by atoms with Crippen LogP contribution in [0, 0.1) is 29.6 Å². The van der Waals surface area contributed by atoms with Gasteiger partial charge in [0, 0.05) is 18.8 Å². The number of allylic oxidation sites excluding steroid dienone is 2. The first-order chi connectivity index (χ1) is 10.2. The fourth-order valence-corrected chi connectivity index (χ4v) is 5.58. The number of carbonyl (C=O) groups excluding carboxylic acids is 2. The van der Waals surface area contributed by atoms with E-state index in [1.165, 1.54) is 5.57 Å². The minimum Gasteiger partial charge on any atom is -0.299 e. The largest absolute Gasteiger partial charge is 0.299 e. The molecule has 0 aromatic rings. The fraction of sp³-hybridized carbons (Fsp3) is 0.667. The van der Waals surface area contributed by atoms with E-state index in [1.54, 1.807) is 0 Å². The molecular weight excluding hydrogens is 267 g/mol. The number of ketones is 2. The monoisotopic (exact) mass is 288 g/mol. The van der Waals surface area contributed by atoms with Gasteiger partial charge in [0.05, 0.1) is 6.33 Å². The van der Waals surface area contributed by atoms with Crippen molar-refractivity contribution in [3.63, 3.8) is 0 Å². The van der Waals surface area contributed by atoms with E-state index in [-0.39, 0.29) is 17.6 Å². The lowest BCUT2D eigenvalue weighted by atomic mass is 9.54. The summed E-state index contributed by atoms with van der Waals surface area (Å²) in [6.07, 6.45) is 8.36. The average Bonchev–Trinajstić information content (AvgIpc) is 2.87. The number of hydrogen-bond acceptors (Lipinski definition) is 2. The number of Topliss-reactive ketones (excluding diaryl/α,β-unsaturated/α-hetero) is 1. The molecule has 0 spiro atoms. The minimum absolute atomic E-state index is 0.0732. The van der Waals surface area contributed by atoms with Crippen molar-refractivity contribution in [3.8, 4) is 0 Å². The Morgan fingerprint density at radius 2 is 1.81 bits per heavy atom. The third-order valence-corrected chi connectivity index (χ3v) is 6.41. The average molecular weight is 288 g/mol. The van der Waals surface area contributed by atoms with E-state index in [2.05, 4.69) is 0 Å². The highest BCUT2D eigenvalue weighted by Gasteiger charge is 2.52. The zero-order chi connectivity index (χ0) is 14.6. The van der Waals surface area contributed by atoms with Gasteiger partial charge in [0.25, 0.3) is 0 Å². The second-order valence-corrected chi connectivity index (χ2v) is 7.22. The van der Waals surface area contributed by atoms with Crippen molar-refractivity contribution in [2.75, 3.05) is 0 Å². The molecule has 0 N–H and O–H groups in total. The van der Waals surface area contributed by atoms with E-state index < -0.39 is 0 Å². The minimum atomic E-state index is 0.0732. The van der Waals surface area contributed by atoms with Crippen LogP contribution in [-0.4, -0.2) is 11.6 Å². The molecule has 0 amide bonds. The summed E-state index contributed by atoms with van der Waals surface area (Å²) >= 11 is 0. The third-order valence-electron chi connectivity index (χ3n) is 6.41. The molecular formula is C18H21FO2. The van der Waals surface area contributed by atoms with Crippen LogP contribution in [0.25, 0.3) is 0 Å². The second-order valence-electron chi connectivity index (χ2n) is 7.22. The van der Waals surface area contributed by atoms with Gasteiger partial charge in [0.1, 0.15) is 5.78 Å². The van der Waals surface area contributed by atoms with Gasteiger partial charge in [-0.15, -0.1) is 0 Å². The Kier molecular flexibility index (Phi) is 3.13. The van der Waals surface area contributed by atoms with Crippen molar-refractivity contribution in [3.05, 3.63) is 23.6 Å². The lowest BCUT2D eigenvalue weighted by Crippen LogP contribution is -2.43. The van der Waals surface area contributed by atoms with Gasteiger partial charge in [-0.05, 0) is 67.4 Å². The van der Waals surface area contributed by atoms with Crippen LogP contribution in [0.15, 0.2) is 23.6 Å². The molecule has 4 aliphatic rings. The smallest absolute Gasteiger partial charge is 0.155 e. The SMILES string of the molecule is O=C1C=C2CC[C@H]3[C@@H]4CCC(=O)[C@H]4CC(=CF)[C@@H]3[C@H]2CC1. The second kappa shape index (κ2) is 4.89. The van der Waals surface area contributed by atoms with Crippen molar-refractivity contribution in [2.24, 2.45) is 29.6 Å². The first-order valence-corrected chi connectivity index (χ1v) is 8.24. The van der Waals surface area contributed by atoms with E-state index in [0.717, 1.165) is 37.6 Å². The number of fused-ring (bicyclic) bond motifs is 5. The Balaban J connectivity index is 1.71. The van der Waals surface area contributed by atoms with E-state index >= 15 is 0 Å². The first-order valence-electron chi connectivity index (χ1n) is 8.24. The lowest BCUT2D eigenvalue weighted by molar-refractivity contribution is -0.122. The van der Waals surface area contributed by atoms with Crippen LogP contribution in [0.2, 0.25) is 0 Å². The van der Waals surface area contributed by atoms with Crippen LogP contribution in [0.3, 0.4) is 0 Å². The van der Waals surface area contributed by atoms with Crippen LogP contribution >= 0.6 is 0 Å². The summed E-state index contributed by atoms with van der Waals surface area (Å²) in [6.45, 7) is 0. The Morgan fingerprint density at radius 1 is 1.00 bits per heavy atom. The number of hydrogen-bond donors (Lipinski definition) is 0. The molecule has 0 bridgehead atoms. The molecule has 3 heteroatoms. The highest BCUT2D eigenvalue weighted by Crippen LogP contribution is 2.57. The molecule has 21 heavy (non-hydrogen) atoms. The maximum Gasteiger partial charge on any atom is 0.155 e. The normalized spacial score (nSPS) is 44.1. The van der Waals surface area contributed by atoms with Crippen LogP contribution in [0.4, 0.5) is 4.39 Å². The van der Waals surface area contributed by atoms with Gasteiger partial charge in [-0.25, -0.2) is 4.39 Å². The molecule has 112 valence electrons. The molecule has 3 fully saturated rings. The summed E-state index contributed by atoms with van der Waals surface area (Å²) in [5, 5.41) is 0. The number of carbonyl (C=O) groups is 2. The Morgan fingerprint density at radius 3 is 2.62 bits per heavy atom. The van der Waals surface area contributed by atoms with Crippen molar-refractivity contribution in [1.29, 1.82) is 0 Å². The quantitative estimate of drug-likeness (QED) is 0.680. The summed E-state index contributed by atoms with van der Waals surface area (Å²) in [5.41, 5.74) is 2.09. The molecule has 0 radical (unpaired) electrons. The molecule has 0 heterocycles. The van der Waals surface area contributed by atoms with E-state index in [0.29, 0.717) is 42.8 Å².